The quantitative estimate of drug-likeness (QED) is 0.114. The van der Waals surface area contributed by atoms with Crippen LogP contribution in [0.15, 0.2) is 56.9 Å². The fraction of sp³-hybridized carbons (Fsp3) is 0.471. The van der Waals surface area contributed by atoms with Crippen molar-refractivity contribution in [1.29, 1.82) is 0 Å². The molecule has 1 saturated carbocycles. The molecular weight excluding hydrogens is 608 g/mol. The molecule has 46 heavy (non-hydrogen) atoms. The molecule has 0 radical (unpaired) electrons. The Morgan fingerprint density at radius 1 is 1.09 bits per heavy atom. The summed E-state index contributed by atoms with van der Waals surface area (Å²) >= 11 is 0. The molecule has 1 spiro atoms. The molecule has 2 heterocycles. The Bertz CT molecular complexity index is 1710. The van der Waals surface area contributed by atoms with Gasteiger partial charge in [0.1, 0.15) is 23.9 Å². The van der Waals surface area contributed by atoms with Crippen molar-refractivity contribution in [2.75, 3.05) is 31.4 Å². The maximum absolute atomic E-state index is 14.3. The third kappa shape index (κ3) is 6.51. The monoisotopic (exact) mass is 650 g/mol. The van der Waals surface area contributed by atoms with Crippen LogP contribution in [0.2, 0.25) is 0 Å². The number of carbonyl (C=O) groups is 2. The number of unbranched alkanes of at least 4 members (excludes halogenated alkanes) is 1. The predicted molar refractivity (Wildman–Crippen MR) is 174 cm³/mol. The third-order valence-corrected chi connectivity index (χ3v) is 10.6. The average molecular weight is 651 g/mol. The zero-order valence-electron chi connectivity index (χ0n) is 27.0. The van der Waals surface area contributed by atoms with Gasteiger partial charge in [-0.05, 0) is 56.4 Å². The van der Waals surface area contributed by atoms with Gasteiger partial charge in [-0.15, -0.1) is 0 Å². The largest absolute Gasteiger partial charge is 0.382 e. The van der Waals surface area contributed by atoms with E-state index < -0.39 is 15.6 Å². The van der Waals surface area contributed by atoms with E-state index in [2.05, 4.69) is 12.1 Å². The first-order chi connectivity index (χ1) is 22.2. The Morgan fingerprint density at radius 2 is 1.85 bits per heavy atom. The SMILES string of the molecule is CCCCC1=NC2(CCCC2)C(=O)N1Cc1ccc(-c2ccccc2S(=O)(=O)N(COCCOC)c2noc(C)c2C)c(C=O)c1. The number of sulfonamides is 1. The first-order valence-electron chi connectivity index (χ1n) is 15.8. The zero-order chi connectivity index (χ0) is 32.9. The minimum atomic E-state index is -4.26. The highest BCUT2D eigenvalue weighted by Gasteiger charge is 2.49. The van der Waals surface area contributed by atoms with E-state index in [4.69, 9.17) is 19.0 Å². The van der Waals surface area contributed by atoms with E-state index in [1.807, 2.05) is 6.07 Å². The van der Waals surface area contributed by atoms with Crippen molar-refractivity contribution < 1.29 is 32.0 Å². The summed E-state index contributed by atoms with van der Waals surface area (Å²) in [7, 11) is -2.73. The van der Waals surface area contributed by atoms with Crippen LogP contribution in [0.25, 0.3) is 11.1 Å². The van der Waals surface area contributed by atoms with Crippen molar-refractivity contribution in [3.8, 4) is 11.1 Å². The number of anilines is 1. The molecule has 1 fully saturated rings. The van der Waals surface area contributed by atoms with Crippen LogP contribution in [-0.4, -0.2) is 69.1 Å². The van der Waals surface area contributed by atoms with Gasteiger partial charge in [0.15, 0.2) is 12.1 Å². The summed E-state index contributed by atoms with van der Waals surface area (Å²) in [6.45, 7) is 5.97. The number of aldehydes is 1. The van der Waals surface area contributed by atoms with E-state index in [-0.39, 0.29) is 36.6 Å². The first kappa shape index (κ1) is 33.5. The van der Waals surface area contributed by atoms with Gasteiger partial charge in [0.2, 0.25) is 0 Å². The van der Waals surface area contributed by atoms with Crippen molar-refractivity contribution in [3.05, 3.63) is 64.9 Å². The van der Waals surface area contributed by atoms with Gasteiger partial charge in [0.25, 0.3) is 15.9 Å². The number of methoxy groups -OCH3 is 1. The fourth-order valence-electron chi connectivity index (χ4n) is 6.14. The summed E-state index contributed by atoms with van der Waals surface area (Å²) in [6.07, 6.45) is 6.88. The number of aliphatic imine (C=N–C) groups is 1. The molecule has 0 saturated heterocycles. The lowest BCUT2D eigenvalue weighted by Crippen LogP contribution is -2.40. The number of hydrogen-bond donors (Lipinski definition) is 0. The highest BCUT2D eigenvalue weighted by molar-refractivity contribution is 7.93. The molecule has 1 aliphatic carbocycles. The number of rotatable bonds is 15. The Kier molecular flexibility index (Phi) is 10.4. The van der Waals surface area contributed by atoms with Gasteiger partial charge in [-0.3, -0.25) is 19.5 Å². The van der Waals surface area contributed by atoms with Crippen LogP contribution in [-0.2, 0) is 30.8 Å². The number of amidine groups is 1. The van der Waals surface area contributed by atoms with Crippen LogP contribution in [0, 0.1) is 13.8 Å². The fourth-order valence-corrected chi connectivity index (χ4v) is 7.69. The number of hydrogen-bond acceptors (Lipinski definition) is 9. The van der Waals surface area contributed by atoms with E-state index in [1.165, 1.54) is 13.2 Å². The minimum Gasteiger partial charge on any atom is -0.382 e. The molecule has 0 bridgehead atoms. The summed E-state index contributed by atoms with van der Waals surface area (Å²) in [4.78, 5) is 32.9. The normalized spacial score (nSPS) is 16.0. The standard InChI is InChI=1S/C34H42N4O7S/c1-5-6-13-31-35-34(16-9-10-17-34)33(40)37(31)21-26-14-15-28(27(20-26)22-39)29-11-7-8-12-30(29)46(41,42)38(23-44-19-18-43-4)32-24(2)25(3)45-36-32/h7-8,11-12,14-15,20,22H,5-6,9-10,13,16-19,21,23H2,1-4H3. The van der Waals surface area contributed by atoms with E-state index in [0.29, 0.717) is 34.6 Å². The number of ether oxygens (including phenoxy) is 2. The molecule has 246 valence electrons. The summed E-state index contributed by atoms with van der Waals surface area (Å²) in [6, 6.07) is 11.8. The second-order valence-electron chi connectivity index (χ2n) is 11.9. The number of carbonyl (C=O) groups excluding carboxylic acids is 2. The Balaban J connectivity index is 1.49. The molecule has 11 nitrogen and oxygen atoms in total. The molecule has 12 heteroatoms. The Labute approximate surface area is 270 Å². The van der Waals surface area contributed by atoms with Crippen molar-refractivity contribution in [1.82, 2.24) is 10.1 Å². The minimum absolute atomic E-state index is 0.0203. The lowest BCUT2D eigenvalue weighted by molar-refractivity contribution is -0.131. The van der Waals surface area contributed by atoms with Crippen LogP contribution in [0.5, 0.6) is 0 Å². The van der Waals surface area contributed by atoms with Crippen LogP contribution in [0.3, 0.4) is 0 Å². The number of nitrogens with zero attached hydrogens (tertiary/aromatic N) is 4. The predicted octanol–water partition coefficient (Wildman–Crippen LogP) is 5.83. The highest BCUT2D eigenvalue weighted by atomic mass is 32.2. The molecule has 5 rings (SSSR count). The molecular formula is C34H42N4O7S. The van der Waals surface area contributed by atoms with Gasteiger partial charge in [-0.2, -0.15) is 0 Å². The summed E-state index contributed by atoms with van der Waals surface area (Å²) < 4.78 is 45.7. The van der Waals surface area contributed by atoms with E-state index in [0.717, 1.165) is 66.9 Å². The lowest BCUT2D eigenvalue weighted by Gasteiger charge is -2.24. The van der Waals surface area contributed by atoms with Crippen LogP contribution >= 0.6 is 0 Å². The van der Waals surface area contributed by atoms with Crippen LogP contribution in [0.1, 0.15) is 79.1 Å². The van der Waals surface area contributed by atoms with Gasteiger partial charge >= 0.3 is 0 Å². The second-order valence-corrected chi connectivity index (χ2v) is 13.7. The Morgan fingerprint density at radius 3 is 2.52 bits per heavy atom. The van der Waals surface area contributed by atoms with Gasteiger partial charge in [0, 0.05) is 30.2 Å². The number of aryl methyl sites for hydroxylation is 1. The summed E-state index contributed by atoms with van der Waals surface area (Å²) in [5.74, 6) is 1.45. The molecule has 0 N–H and O–H groups in total. The van der Waals surface area contributed by atoms with E-state index >= 15 is 0 Å². The number of benzene rings is 2. The lowest BCUT2D eigenvalue weighted by atomic mass is 9.96. The molecule has 3 aromatic rings. The Hall–Kier alpha value is -3.87. The third-order valence-electron chi connectivity index (χ3n) is 8.82. The first-order valence-corrected chi connectivity index (χ1v) is 17.2. The van der Waals surface area contributed by atoms with Gasteiger partial charge in [0.05, 0.1) is 24.7 Å². The summed E-state index contributed by atoms with van der Waals surface area (Å²) in [5, 5.41) is 4.02. The summed E-state index contributed by atoms with van der Waals surface area (Å²) in [5.41, 5.74) is 1.79. The maximum atomic E-state index is 14.3. The highest BCUT2D eigenvalue weighted by Crippen LogP contribution is 2.40. The van der Waals surface area contributed by atoms with Crippen molar-refractivity contribution in [3.63, 3.8) is 0 Å². The molecule has 1 aromatic heterocycles. The van der Waals surface area contributed by atoms with Gasteiger partial charge in [-0.25, -0.2) is 12.7 Å². The van der Waals surface area contributed by atoms with Gasteiger partial charge < -0.3 is 14.0 Å². The van der Waals surface area contributed by atoms with E-state index in [1.54, 1.807) is 49.1 Å². The molecule has 0 atom stereocenters. The number of aromatic nitrogens is 1. The molecule has 2 aromatic carbocycles. The maximum Gasteiger partial charge on any atom is 0.268 e. The topological polar surface area (TPSA) is 132 Å². The zero-order valence-corrected chi connectivity index (χ0v) is 27.8. The van der Waals surface area contributed by atoms with Crippen LogP contribution in [0.4, 0.5) is 5.82 Å². The molecule has 1 aliphatic heterocycles. The van der Waals surface area contributed by atoms with E-state index in [9.17, 15) is 18.0 Å². The van der Waals surface area contributed by atoms with Gasteiger partial charge in [-0.1, -0.05) is 61.7 Å². The van der Waals surface area contributed by atoms with Crippen LogP contribution < -0.4 is 4.31 Å². The number of amides is 1. The molecule has 0 unspecified atom stereocenters. The van der Waals surface area contributed by atoms with Crippen molar-refractivity contribution in [2.24, 2.45) is 4.99 Å². The average Bonchev–Trinajstić information content (AvgIpc) is 3.74. The second kappa shape index (κ2) is 14.3. The molecule has 2 aliphatic rings. The van der Waals surface area contributed by atoms with Crippen molar-refractivity contribution >= 4 is 33.9 Å². The smallest absolute Gasteiger partial charge is 0.268 e. The molecule has 1 amide bonds. The van der Waals surface area contributed by atoms with Crippen molar-refractivity contribution in [2.45, 2.75) is 82.7 Å².